The number of phenolic OH excluding ortho intramolecular Hbond substituents is 2. The Morgan fingerprint density at radius 3 is 1.37 bits per heavy atom. The first-order valence-corrected chi connectivity index (χ1v) is 33.5. The fourth-order valence-corrected chi connectivity index (χ4v) is 13.5. The molecule has 23 nitrogen and oxygen atoms in total. The van der Waals surface area contributed by atoms with Crippen LogP contribution in [-0.4, -0.2) is 162 Å². The average molecular weight is 1390 g/mol. The van der Waals surface area contributed by atoms with E-state index in [9.17, 15) is 39.3 Å². The molecule has 8 aliphatic heterocycles. The van der Waals surface area contributed by atoms with Crippen LogP contribution in [0.15, 0.2) is 179 Å². The number of carbonyl (C=O) groups is 5. The summed E-state index contributed by atoms with van der Waals surface area (Å²) in [5.74, 6) is 2.90. The van der Waals surface area contributed by atoms with Crippen LogP contribution in [0.3, 0.4) is 0 Å². The summed E-state index contributed by atoms with van der Waals surface area (Å²) in [7, 11) is 7.80. The summed E-state index contributed by atoms with van der Waals surface area (Å²) in [6.45, 7) is 3.84. The van der Waals surface area contributed by atoms with Crippen molar-refractivity contribution in [3.05, 3.63) is 214 Å². The Kier molecular flexibility index (Phi) is 19.9. The maximum atomic E-state index is 13.7. The zero-order valence-corrected chi connectivity index (χ0v) is 57.7. The lowest BCUT2D eigenvalue weighted by Crippen LogP contribution is -2.39. The van der Waals surface area contributed by atoms with E-state index in [2.05, 4.69) is 9.98 Å². The summed E-state index contributed by atoms with van der Waals surface area (Å²) in [5, 5.41) is 30.7. The molecule has 0 unspecified atom stereocenters. The second-order valence-corrected chi connectivity index (χ2v) is 25.6. The minimum Gasteiger partial charge on any atom is -0.507 e. The van der Waals surface area contributed by atoms with Crippen molar-refractivity contribution in [3.63, 3.8) is 0 Å². The number of phenols is 2. The molecule has 23 heteroatoms. The van der Waals surface area contributed by atoms with E-state index in [1.54, 1.807) is 104 Å². The Bertz CT molecular complexity index is 4800. The lowest BCUT2D eigenvalue weighted by atomic mass is 9.95. The molecule has 526 valence electrons. The third kappa shape index (κ3) is 14.2. The molecule has 0 spiro atoms. The van der Waals surface area contributed by atoms with E-state index in [1.165, 1.54) is 44.3 Å². The molecule has 7 aromatic rings. The largest absolute Gasteiger partial charge is 0.507 e. The van der Waals surface area contributed by atoms with Gasteiger partial charge < -0.3 is 73.8 Å². The van der Waals surface area contributed by atoms with Gasteiger partial charge in [0, 0.05) is 111 Å². The van der Waals surface area contributed by atoms with E-state index in [-0.39, 0.29) is 77.2 Å². The Hall–Kier alpha value is -12.2. The first-order chi connectivity index (χ1) is 49.8. The summed E-state index contributed by atoms with van der Waals surface area (Å²) in [6.07, 6.45) is 18.3. The van der Waals surface area contributed by atoms with Crippen LogP contribution < -0.4 is 38.9 Å². The summed E-state index contributed by atoms with van der Waals surface area (Å²) in [4.78, 5) is 84.7. The number of ketones is 1. The highest BCUT2D eigenvalue weighted by atomic mass is 16.5. The normalized spacial score (nSPS) is 19.3. The second kappa shape index (κ2) is 29.5. The molecule has 0 aliphatic carbocycles. The number of fused-ring (bicyclic) bond motifs is 8. The van der Waals surface area contributed by atoms with E-state index in [0.29, 0.717) is 124 Å². The topological polar surface area (TPSA) is 287 Å². The SMILES string of the molecule is CC(=O)/C=C/C1=CN2C(=O)c3ccc(C)c(O)c3C[C@@H](O)[C@@H]2C1.COc1ccc(C2=CN3C(=O)c4cc(OC)c(O)cc4N=C[C@@H]3C2)cc1.COc1ccc(C2=CN3C(=O)c4cc(OC)c(OCCCOc5cc6c(cc5OC)C(=O)N5C=C(c7ccc(N)cc7)C[C@H]5C=N6)cc4N=C[C@@H]3C2)cc1. The molecule has 8 aliphatic rings. The molecular weight excluding hydrogens is 1310 g/mol. The van der Waals surface area contributed by atoms with Gasteiger partial charge in [-0.15, -0.1) is 0 Å². The number of hydrogen-bond acceptors (Lipinski definition) is 19. The van der Waals surface area contributed by atoms with Crippen LogP contribution in [0.25, 0.3) is 16.7 Å². The maximum Gasteiger partial charge on any atom is 0.260 e. The minimum atomic E-state index is -0.771. The van der Waals surface area contributed by atoms with Crippen LogP contribution in [0.5, 0.6) is 51.7 Å². The molecule has 5 N–H and O–H groups in total. The number of aliphatic hydroxyl groups is 1. The molecule has 0 fully saturated rings. The number of amides is 4. The Morgan fingerprint density at radius 2 is 0.932 bits per heavy atom. The minimum absolute atomic E-state index is 0.0345. The number of anilines is 1. The standard InChI is InChI=1S/C42H39N5O7.C20H18N2O4.C18H19NO4/c1-50-32-11-7-26(8-12-32)28-16-31-22-45-36-20-40(38(52-3)18-34(36)42(49)47(31)24-28)54-14-4-13-53-39-19-35-33(17-37(39)51-2)41(48)46-23-27(15-30(46)21-44-35)25-5-9-29(43)10-6-25;1-25-15-5-3-12(4-6-15)13-7-14-10-21-17-9-18(23)19(26-2)8-16(17)20(24)22(14)11-13;1-10-3-6-13-14(17(10)22)8-16(21)15-7-12(5-4-11(2)20)9-19(15)18(13)23/h5-12,17-24,30-31H,4,13-16,43H2,1-3H3;3-6,8-11,14,23H,7H2,1-2H3;3-6,9,15-16,21-22H,7-8H2,1-2H3/b;;5-4+/t30-,31-;14-;15-,16+/m000/s1. The van der Waals surface area contributed by atoms with Crippen molar-refractivity contribution >= 4 is 87.5 Å². The zero-order valence-electron chi connectivity index (χ0n) is 57.7. The number of nitrogens with two attached hydrogens (primary N) is 1. The van der Waals surface area contributed by atoms with Crippen LogP contribution in [-0.2, 0) is 11.2 Å². The molecule has 0 bridgehead atoms. The number of aromatic hydroxyl groups is 2. The number of ether oxygens (including phenoxy) is 7. The van der Waals surface area contributed by atoms with Gasteiger partial charge in [0.2, 0.25) is 0 Å². The third-order valence-electron chi connectivity index (χ3n) is 19.1. The van der Waals surface area contributed by atoms with Gasteiger partial charge >= 0.3 is 0 Å². The van der Waals surface area contributed by atoms with Gasteiger partial charge in [0.05, 0.1) is 113 Å². The first kappa shape index (κ1) is 69.2. The third-order valence-corrected chi connectivity index (χ3v) is 19.1. The van der Waals surface area contributed by atoms with Crippen LogP contribution in [0.4, 0.5) is 22.7 Å². The number of aliphatic imine (C=N–C) groups is 3. The fraction of sp³-hybridized carbons (Fsp3) is 0.250. The predicted molar refractivity (Wildman–Crippen MR) is 390 cm³/mol. The monoisotopic (exact) mass is 1390 g/mol. The number of nitrogen functional groups attached to an aromatic ring is 1. The van der Waals surface area contributed by atoms with Gasteiger partial charge in [-0.2, -0.15) is 0 Å². The van der Waals surface area contributed by atoms with Crippen LogP contribution in [0, 0.1) is 6.92 Å². The van der Waals surface area contributed by atoms with Crippen molar-refractivity contribution in [3.8, 4) is 51.7 Å². The van der Waals surface area contributed by atoms with Gasteiger partial charge in [-0.05, 0) is 132 Å². The number of aryl methyl sites for hydroxylation is 1. The maximum absolute atomic E-state index is 13.7. The number of rotatable bonds is 16. The number of benzene rings is 7. The lowest BCUT2D eigenvalue weighted by Gasteiger charge is -2.24. The molecule has 5 atom stereocenters. The van der Waals surface area contributed by atoms with Crippen LogP contribution in [0.2, 0.25) is 0 Å². The van der Waals surface area contributed by atoms with Crippen LogP contribution >= 0.6 is 0 Å². The number of nitrogens with zero attached hydrogens (tertiary/aromatic N) is 7. The van der Waals surface area contributed by atoms with E-state index in [0.717, 1.165) is 50.5 Å². The average Bonchev–Trinajstić information content (AvgIpc) is 1.63. The van der Waals surface area contributed by atoms with Crippen molar-refractivity contribution in [1.82, 2.24) is 19.6 Å². The zero-order chi connectivity index (χ0) is 72.3. The predicted octanol–water partition coefficient (Wildman–Crippen LogP) is 12.3. The highest BCUT2D eigenvalue weighted by Crippen LogP contribution is 2.45. The van der Waals surface area contributed by atoms with E-state index in [4.69, 9.17) is 43.9 Å². The summed E-state index contributed by atoms with van der Waals surface area (Å²) in [6, 6.07) is 35.5. The molecule has 7 aromatic carbocycles. The number of allylic oxidation sites excluding steroid dienone is 2. The molecule has 103 heavy (non-hydrogen) atoms. The first-order valence-electron chi connectivity index (χ1n) is 33.5. The Morgan fingerprint density at radius 1 is 0.505 bits per heavy atom. The number of hydrogen-bond donors (Lipinski definition) is 4. The number of carbonyl (C=O) groups excluding carboxylic acids is 5. The van der Waals surface area contributed by atoms with Crippen molar-refractivity contribution < 1.29 is 72.5 Å². The molecule has 4 amide bonds. The van der Waals surface area contributed by atoms with Gasteiger partial charge in [0.25, 0.3) is 23.6 Å². The molecule has 0 radical (unpaired) electrons. The Balaban J connectivity index is 0.000000159. The quantitative estimate of drug-likeness (QED) is 0.0397. The van der Waals surface area contributed by atoms with Gasteiger partial charge in [-0.25, -0.2) is 0 Å². The van der Waals surface area contributed by atoms with Gasteiger partial charge in [0.1, 0.15) is 17.2 Å². The fourth-order valence-electron chi connectivity index (χ4n) is 13.5. The molecule has 15 rings (SSSR count). The Labute approximate surface area is 594 Å². The highest BCUT2D eigenvalue weighted by molar-refractivity contribution is 6.08. The molecule has 0 saturated carbocycles. The van der Waals surface area contributed by atoms with Crippen molar-refractivity contribution in [2.75, 3.05) is 54.5 Å². The van der Waals surface area contributed by atoms with E-state index < -0.39 is 6.10 Å². The van der Waals surface area contributed by atoms with Crippen molar-refractivity contribution in [2.24, 2.45) is 15.0 Å². The molecule has 0 saturated heterocycles. The van der Waals surface area contributed by atoms with E-state index >= 15 is 0 Å². The smallest absolute Gasteiger partial charge is 0.260 e. The summed E-state index contributed by atoms with van der Waals surface area (Å²) < 4.78 is 39.1. The molecule has 0 aromatic heterocycles. The molecular formula is C80H76N8O15. The van der Waals surface area contributed by atoms with Gasteiger partial charge in [0.15, 0.2) is 40.3 Å². The van der Waals surface area contributed by atoms with Crippen LogP contribution in [0.1, 0.15) is 108 Å². The second-order valence-electron chi connectivity index (χ2n) is 25.6. The molecule has 8 heterocycles. The van der Waals surface area contributed by atoms with E-state index in [1.807, 2.05) is 97.6 Å². The highest BCUT2D eigenvalue weighted by Gasteiger charge is 2.41. The summed E-state index contributed by atoms with van der Waals surface area (Å²) in [5.41, 5.74) is 18.0. The number of methoxy groups -OCH3 is 5. The lowest BCUT2D eigenvalue weighted by molar-refractivity contribution is -0.112. The summed E-state index contributed by atoms with van der Waals surface area (Å²) >= 11 is 0. The van der Waals surface area contributed by atoms with Gasteiger partial charge in [-0.3, -0.25) is 38.9 Å². The van der Waals surface area contributed by atoms with Crippen molar-refractivity contribution in [2.45, 2.75) is 82.6 Å². The number of aliphatic hydroxyl groups excluding tert-OH is 1. The van der Waals surface area contributed by atoms with Crippen molar-refractivity contribution in [1.29, 1.82) is 0 Å². The van der Waals surface area contributed by atoms with Gasteiger partial charge in [-0.1, -0.05) is 48.5 Å².